The van der Waals surface area contributed by atoms with E-state index < -0.39 is 11.6 Å². The molecule has 0 saturated carbocycles. The van der Waals surface area contributed by atoms with Crippen molar-refractivity contribution in [3.05, 3.63) is 58.6 Å². The van der Waals surface area contributed by atoms with E-state index in [1.165, 1.54) is 6.07 Å². The number of hydrogen-bond acceptors (Lipinski definition) is 1. The lowest BCUT2D eigenvalue weighted by molar-refractivity contribution is 0.0988. The lowest BCUT2D eigenvalue weighted by atomic mass is 10.0. The van der Waals surface area contributed by atoms with Crippen molar-refractivity contribution >= 4 is 17.4 Å². The fourth-order valence-electron chi connectivity index (χ4n) is 1.82. The van der Waals surface area contributed by atoms with E-state index in [0.29, 0.717) is 17.5 Å². The molecule has 2 rings (SSSR count). The molecule has 0 bridgehead atoms. The van der Waals surface area contributed by atoms with Gasteiger partial charge in [-0.2, -0.15) is 0 Å². The molecule has 0 saturated heterocycles. The van der Waals surface area contributed by atoms with Crippen molar-refractivity contribution in [1.82, 2.24) is 0 Å². The van der Waals surface area contributed by atoms with Crippen LogP contribution in [-0.2, 0) is 0 Å². The third-order valence-corrected chi connectivity index (χ3v) is 3.18. The zero-order chi connectivity index (χ0) is 14.0. The zero-order valence-corrected chi connectivity index (χ0v) is 11.0. The zero-order valence-electron chi connectivity index (χ0n) is 10.2. The molecule has 0 aliphatic heterocycles. The smallest absolute Gasteiger partial charge is 0.168 e. The first-order valence-corrected chi connectivity index (χ1v) is 6.19. The predicted octanol–water partition coefficient (Wildman–Crippen LogP) is 4.88. The largest absolute Gasteiger partial charge is 0.294 e. The van der Waals surface area contributed by atoms with Crippen LogP contribution in [0.2, 0.25) is 5.02 Å². The molecule has 0 radical (unpaired) electrons. The maximum Gasteiger partial charge on any atom is 0.168 e. The van der Waals surface area contributed by atoms with Crippen molar-refractivity contribution in [3.8, 4) is 11.1 Å². The Labute approximate surface area is 114 Å². The Hall–Kier alpha value is -1.74. The van der Waals surface area contributed by atoms with Crippen LogP contribution in [-0.4, -0.2) is 5.78 Å². The molecule has 0 atom stereocenters. The normalized spacial score (nSPS) is 10.5. The minimum Gasteiger partial charge on any atom is -0.294 e. The standard InChI is InChI=1S/C15H11ClF2O/c1-2-13(19)9-3-5-10(6-4-9)14-11(16)7-8-12(17)15(14)18/h3-8H,2H2,1H3. The van der Waals surface area contributed by atoms with Crippen LogP contribution >= 0.6 is 11.6 Å². The first kappa shape index (κ1) is 13.7. The van der Waals surface area contributed by atoms with E-state index in [4.69, 9.17) is 11.6 Å². The molecule has 0 spiro atoms. The van der Waals surface area contributed by atoms with Gasteiger partial charge in [0.2, 0.25) is 0 Å². The highest BCUT2D eigenvalue weighted by Crippen LogP contribution is 2.32. The minimum absolute atomic E-state index is 0.00244. The van der Waals surface area contributed by atoms with Crippen molar-refractivity contribution in [2.24, 2.45) is 0 Å². The molecule has 1 nitrogen and oxygen atoms in total. The number of hydrogen-bond donors (Lipinski definition) is 0. The van der Waals surface area contributed by atoms with Crippen LogP contribution in [0, 0.1) is 11.6 Å². The van der Waals surface area contributed by atoms with E-state index in [2.05, 4.69) is 0 Å². The summed E-state index contributed by atoms with van der Waals surface area (Å²) in [5, 5.41) is 0.133. The lowest BCUT2D eigenvalue weighted by Crippen LogP contribution is -1.96. The van der Waals surface area contributed by atoms with E-state index in [1.807, 2.05) is 0 Å². The molecule has 4 heteroatoms. The van der Waals surface area contributed by atoms with Crippen LogP contribution in [0.4, 0.5) is 8.78 Å². The molecule has 2 aromatic rings. The predicted molar refractivity (Wildman–Crippen MR) is 71.4 cm³/mol. The van der Waals surface area contributed by atoms with Crippen LogP contribution in [0.15, 0.2) is 36.4 Å². The van der Waals surface area contributed by atoms with Crippen molar-refractivity contribution in [2.45, 2.75) is 13.3 Å². The van der Waals surface area contributed by atoms with Crippen LogP contribution in [0.25, 0.3) is 11.1 Å². The third-order valence-electron chi connectivity index (χ3n) is 2.86. The molecule has 98 valence electrons. The van der Waals surface area contributed by atoms with E-state index in [1.54, 1.807) is 31.2 Å². The van der Waals surface area contributed by atoms with E-state index in [9.17, 15) is 13.6 Å². The summed E-state index contributed by atoms with van der Waals surface area (Å²) in [7, 11) is 0. The Morgan fingerprint density at radius 3 is 2.32 bits per heavy atom. The van der Waals surface area contributed by atoms with Gasteiger partial charge in [0.15, 0.2) is 17.4 Å². The van der Waals surface area contributed by atoms with Gasteiger partial charge >= 0.3 is 0 Å². The van der Waals surface area contributed by atoms with Gasteiger partial charge in [-0.1, -0.05) is 42.8 Å². The molecule has 0 aliphatic rings. The van der Waals surface area contributed by atoms with Gasteiger partial charge in [-0.25, -0.2) is 8.78 Å². The van der Waals surface area contributed by atoms with Gasteiger partial charge in [0, 0.05) is 17.5 Å². The maximum absolute atomic E-state index is 13.7. The highest BCUT2D eigenvalue weighted by Gasteiger charge is 2.14. The summed E-state index contributed by atoms with van der Waals surface area (Å²) < 4.78 is 27.0. The third kappa shape index (κ3) is 2.66. The lowest BCUT2D eigenvalue weighted by Gasteiger charge is -2.07. The van der Waals surface area contributed by atoms with Gasteiger partial charge in [0.25, 0.3) is 0 Å². The Morgan fingerprint density at radius 1 is 1.11 bits per heavy atom. The average Bonchev–Trinajstić information content (AvgIpc) is 2.43. The van der Waals surface area contributed by atoms with Crippen LogP contribution in [0.1, 0.15) is 23.7 Å². The van der Waals surface area contributed by atoms with Gasteiger partial charge in [-0.15, -0.1) is 0 Å². The topological polar surface area (TPSA) is 17.1 Å². The summed E-state index contributed by atoms with van der Waals surface area (Å²) >= 11 is 5.89. The van der Waals surface area contributed by atoms with Crippen LogP contribution < -0.4 is 0 Å². The molecule has 2 aromatic carbocycles. The van der Waals surface area contributed by atoms with Crippen molar-refractivity contribution in [1.29, 1.82) is 0 Å². The van der Waals surface area contributed by atoms with E-state index >= 15 is 0 Å². The van der Waals surface area contributed by atoms with Gasteiger partial charge in [-0.3, -0.25) is 4.79 Å². The summed E-state index contributed by atoms with van der Waals surface area (Å²) in [5.74, 6) is -1.94. The van der Waals surface area contributed by atoms with Crippen molar-refractivity contribution < 1.29 is 13.6 Å². The Bertz CT molecular complexity index is 621. The molecule has 0 aliphatic carbocycles. The molecule has 0 heterocycles. The van der Waals surface area contributed by atoms with Gasteiger partial charge in [0.1, 0.15) is 0 Å². The van der Waals surface area contributed by atoms with Crippen LogP contribution in [0.3, 0.4) is 0 Å². The first-order chi connectivity index (χ1) is 9.04. The second-order valence-electron chi connectivity index (χ2n) is 4.07. The molecular formula is C15H11ClF2O. The SMILES string of the molecule is CCC(=O)c1ccc(-c2c(Cl)ccc(F)c2F)cc1. The second-order valence-corrected chi connectivity index (χ2v) is 4.48. The van der Waals surface area contributed by atoms with Crippen molar-refractivity contribution in [3.63, 3.8) is 0 Å². The van der Waals surface area contributed by atoms with Gasteiger partial charge in [0.05, 0.1) is 5.02 Å². The summed E-state index contributed by atoms with van der Waals surface area (Å²) in [6.45, 7) is 1.76. The van der Waals surface area contributed by atoms with Gasteiger partial charge < -0.3 is 0 Å². The minimum atomic E-state index is -0.984. The quantitative estimate of drug-likeness (QED) is 0.578. The average molecular weight is 281 g/mol. The molecule has 0 fully saturated rings. The molecular weight excluding hydrogens is 270 g/mol. The number of halogens is 3. The van der Waals surface area contributed by atoms with E-state index in [-0.39, 0.29) is 16.4 Å². The summed E-state index contributed by atoms with van der Waals surface area (Å²) in [5.41, 5.74) is 0.992. The monoisotopic (exact) mass is 280 g/mol. The number of benzene rings is 2. The number of rotatable bonds is 3. The maximum atomic E-state index is 13.7. The van der Waals surface area contributed by atoms with Crippen LogP contribution in [0.5, 0.6) is 0 Å². The fraction of sp³-hybridized carbons (Fsp3) is 0.133. The highest BCUT2D eigenvalue weighted by molar-refractivity contribution is 6.33. The number of Topliss-reactive ketones (excluding diaryl/α,β-unsaturated/α-hetero) is 1. The summed E-state index contributed by atoms with van der Waals surface area (Å²) in [6.07, 6.45) is 0.397. The fourth-order valence-corrected chi connectivity index (χ4v) is 2.07. The second kappa shape index (κ2) is 5.49. The Kier molecular flexibility index (Phi) is 3.96. The van der Waals surface area contributed by atoms with Gasteiger partial charge in [-0.05, 0) is 17.7 Å². The van der Waals surface area contributed by atoms with Crippen molar-refractivity contribution in [2.75, 3.05) is 0 Å². The summed E-state index contributed by atoms with van der Waals surface area (Å²) in [4.78, 5) is 11.5. The number of carbonyl (C=O) groups is 1. The molecule has 0 amide bonds. The Morgan fingerprint density at radius 2 is 1.74 bits per heavy atom. The molecule has 0 aromatic heterocycles. The van der Waals surface area contributed by atoms with E-state index in [0.717, 1.165) is 6.07 Å². The number of ketones is 1. The highest BCUT2D eigenvalue weighted by atomic mass is 35.5. The number of carbonyl (C=O) groups excluding carboxylic acids is 1. The molecule has 0 N–H and O–H groups in total. The first-order valence-electron chi connectivity index (χ1n) is 5.81. The molecule has 19 heavy (non-hydrogen) atoms. The summed E-state index contributed by atoms with van der Waals surface area (Å²) in [6, 6.07) is 8.58. The Balaban J connectivity index is 2.49. The molecule has 0 unspecified atom stereocenters.